The molecule has 2 heterocycles. The molecule has 8 nitrogen and oxygen atoms in total. The molecule has 2 aliphatic rings. The van der Waals surface area contributed by atoms with Crippen LogP contribution in [0.15, 0.2) is 24.3 Å². The maximum absolute atomic E-state index is 12.5. The Morgan fingerprint density at radius 1 is 1.19 bits per heavy atom. The van der Waals surface area contributed by atoms with E-state index >= 15 is 0 Å². The summed E-state index contributed by atoms with van der Waals surface area (Å²) in [6, 6.07) is 6.49. The summed E-state index contributed by atoms with van der Waals surface area (Å²) in [6.45, 7) is 5.10. The van der Waals surface area contributed by atoms with Gasteiger partial charge in [0.25, 0.3) is 0 Å². The van der Waals surface area contributed by atoms with Crippen LogP contribution in [0.1, 0.15) is 16.8 Å². The normalized spacial score (nSPS) is 20.6. The summed E-state index contributed by atoms with van der Waals surface area (Å²) in [7, 11) is 1.32. The molecule has 8 heteroatoms. The van der Waals surface area contributed by atoms with Gasteiger partial charge in [0.1, 0.15) is 0 Å². The molecule has 1 N–H and O–H groups in total. The highest BCUT2D eigenvalue weighted by Gasteiger charge is 2.34. The Balaban J connectivity index is 1.48. The van der Waals surface area contributed by atoms with Gasteiger partial charge in [0.2, 0.25) is 11.8 Å². The summed E-state index contributed by atoms with van der Waals surface area (Å²) < 4.78 is 9.97. The fraction of sp³-hybridized carbons (Fsp3) is 0.526. The number of likely N-dealkylation sites (tertiary alicyclic amines) is 1. The number of esters is 1. The van der Waals surface area contributed by atoms with Gasteiger partial charge in [0, 0.05) is 44.8 Å². The van der Waals surface area contributed by atoms with E-state index in [0.29, 0.717) is 24.3 Å². The molecule has 0 aromatic heterocycles. The summed E-state index contributed by atoms with van der Waals surface area (Å²) >= 11 is 0. The zero-order valence-electron chi connectivity index (χ0n) is 15.5. The third-order valence-electron chi connectivity index (χ3n) is 4.95. The average Bonchev–Trinajstić information content (AvgIpc) is 3.08. The average molecular weight is 375 g/mol. The van der Waals surface area contributed by atoms with Gasteiger partial charge in [-0.15, -0.1) is 0 Å². The van der Waals surface area contributed by atoms with Crippen LogP contribution >= 0.6 is 0 Å². The number of amides is 2. The van der Waals surface area contributed by atoms with E-state index in [1.54, 1.807) is 29.2 Å². The molecule has 1 atom stereocenters. The third-order valence-corrected chi connectivity index (χ3v) is 4.95. The van der Waals surface area contributed by atoms with Crippen molar-refractivity contribution in [1.82, 2.24) is 9.80 Å². The lowest BCUT2D eigenvalue weighted by Gasteiger charge is -2.28. The highest BCUT2D eigenvalue weighted by Crippen LogP contribution is 2.20. The largest absolute Gasteiger partial charge is 0.465 e. The van der Waals surface area contributed by atoms with Crippen LogP contribution in [0.5, 0.6) is 0 Å². The Labute approximate surface area is 158 Å². The van der Waals surface area contributed by atoms with E-state index in [1.165, 1.54) is 7.11 Å². The second kappa shape index (κ2) is 8.96. The second-order valence-corrected chi connectivity index (χ2v) is 6.75. The summed E-state index contributed by atoms with van der Waals surface area (Å²) in [6.07, 6.45) is 0.231. The fourth-order valence-electron chi connectivity index (χ4n) is 3.30. The molecule has 3 rings (SSSR count). The number of methoxy groups -OCH3 is 1. The Morgan fingerprint density at radius 2 is 1.89 bits per heavy atom. The molecule has 1 aromatic carbocycles. The van der Waals surface area contributed by atoms with E-state index in [0.717, 1.165) is 32.8 Å². The van der Waals surface area contributed by atoms with Crippen molar-refractivity contribution in [3.63, 3.8) is 0 Å². The molecule has 2 saturated heterocycles. The van der Waals surface area contributed by atoms with Gasteiger partial charge < -0.3 is 19.7 Å². The standard InChI is InChI=1S/C19H25N3O5/c1-26-19(25)14-2-4-16(5-3-14)20-18(24)15-12-17(23)22(13-15)7-6-21-8-10-27-11-9-21/h2-5,15H,6-13H2,1H3,(H,20,24). The number of carbonyl (C=O) groups is 3. The summed E-state index contributed by atoms with van der Waals surface area (Å²) in [5.41, 5.74) is 1.01. The van der Waals surface area contributed by atoms with Gasteiger partial charge in [-0.25, -0.2) is 4.79 Å². The molecule has 0 radical (unpaired) electrons. The number of anilines is 1. The van der Waals surface area contributed by atoms with E-state index in [4.69, 9.17) is 4.74 Å². The number of hydrogen-bond acceptors (Lipinski definition) is 6. The van der Waals surface area contributed by atoms with Crippen LogP contribution in [0, 0.1) is 5.92 Å². The van der Waals surface area contributed by atoms with Crippen LogP contribution in [-0.2, 0) is 19.1 Å². The lowest BCUT2D eigenvalue weighted by molar-refractivity contribution is -0.128. The molecule has 0 aliphatic carbocycles. The zero-order chi connectivity index (χ0) is 19.2. The van der Waals surface area contributed by atoms with Gasteiger partial charge in [0.05, 0.1) is 31.8 Å². The van der Waals surface area contributed by atoms with Crippen LogP contribution in [0.25, 0.3) is 0 Å². The van der Waals surface area contributed by atoms with Gasteiger partial charge in [-0.2, -0.15) is 0 Å². The van der Waals surface area contributed by atoms with Gasteiger partial charge in [-0.3, -0.25) is 14.5 Å². The highest BCUT2D eigenvalue weighted by molar-refractivity contribution is 5.97. The molecular weight excluding hydrogens is 350 g/mol. The van der Waals surface area contributed by atoms with E-state index in [9.17, 15) is 14.4 Å². The summed E-state index contributed by atoms with van der Waals surface area (Å²) in [4.78, 5) is 40.2. The molecule has 0 saturated carbocycles. The smallest absolute Gasteiger partial charge is 0.337 e. The Kier molecular flexibility index (Phi) is 6.41. The number of hydrogen-bond donors (Lipinski definition) is 1. The SMILES string of the molecule is COC(=O)c1ccc(NC(=O)C2CC(=O)N(CCN3CCOCC3)C2)cc1. The number of benzene rings is 1. The molecule has 0 bridgehead atoms. The molecule has 146 valence electrons. The quantitative estimate of drug-likeness (QED) is 0.733. The molecule has 2 fully saturated rings. The van der Waals surface area contributed by atoms with Crippen LogP contribution in [0.2, 0.25) is 0 Å². The lowest BCUT2D eigenvalue weighted by atomic mass is 10.1. The van der Waals surface area contributed by atoms with Crippen molar-refractivity contribution < 1.29 is 23.9 Å². The molecule has 2 amide bonds. The van der Waals surface area contributed by atoms with Gasteiger partial charge in [-0.1, -0.05) is 0 Å². The van der Waals surface area contributed by atoms with Crippen molar-refractivity contribution in [2.45, 2.75) is 6.42 Å². The first kappa shape index (κ1) is 19.3. The minimum atomic E-state index is -0.426. The first-order chi connectivity index (χ1) is 13.1. The molecule has 2 aliphatic heterocycles. The Hall–Kier alpha value is -2.45. The zero-order valence-corrected chi connectivity index (χ0v) is 15.5. The van der Waals surface area contributed by atoms with Crippen LogP contribution in [-0.4, -0.2) is 80.6 Å². The predicted octanol–water partition coefficient (Wildman–Crippen LogP) is 0.592. The topological polar surface area (TPSA) is 88.2 Å². The number of nitrogens with one attached hydrogen (secondary N) is 1. The summed E-state index contributed by atoms with van der Waals surface area (Å²) in [5.74, 6) is -0.944. The number of rotatable bonds is 6. The first-order valence-electron chi connectivity index (χ1n) is 9.14. The van der Waals surface area contributed by atoms with E-state index in [2.05, 4.69) is 15.0 Å². The molecule has 0 spiro atoms. The van der Waals surface area contributed by atoms with Crippen LogP contribution in [0.4, 0.5) is 5.69 Å². The summed E-state index contributed by atoms with van der Waals surface area (Å²) in [5, 5.41) is 2.82. The van der Waals surface area contributed by atoms with Crippen molar-refractivity contribution in [1.29, 1.82) is 0 Å². The number of ether oxygens (including phenoxy) is 2. The molecule has 1 aromatic rings. The third kappa shape index (κ3) is 5.05. The van der Waals surface area contributed by atoms with E-state index in [-0.39, 0.29) is 24.2 Å². The first-order valence-corrected chi connectivity index (χ1v) is 9.14. The van der Waals surface area contributed by atoms with Crippen molar-refractivity contribution in [3.8, 4) is 0 Å². The van der Waals surface area contributed by atoms with Crippen molar-refractivity contribution in [2.75, 3.05) is 58.4 Å². The lowest BCUT2D eigenvalue weighted by Crippen LogP contribution is -2.42. The van der Waals surface area contributed by atoms with Gasteiger partial charge >= 0.3 is 5.97 Å². The monoisotopic (exact) mass is 375 g/mol. The maximum Gasteiger partial charge on any atom is 0.337 e. The minimum absolute atomic E-state index is 0.0180. The Bertz CT molecular complexity index is 685. The predicted molar refractivity (Wildman–Crippen MR) is 98.4 cm³/mol. The Morgan fingerprint density at radius 3 is 2.56 bits per heavy atom. The van der Waals surface area contributed by atoms with Crippen molar-refractivity contribution >= 4 is 23.5 Å². The van der Waals surface area contributed by atoms with Crippen LogP contribution in [0.3, 0.4) is 0 Å². The van der Waals surface area contributed by atoms with E-state index < -0.39 is 5.97 Å². The van der Waals surface area contributed by atoms with Crippen molar-refractivity contribution in [3.05, 3.63) is 29.8 Å². The fourth-order valence-corrected chi connectivity index (χ4v) is 3.30. The van der Waals surface area contributed by atoms with Crippen LogP contribution < -0.4 is 5.32 Å². The molecular formula is C19H25N3O5. The van der Waals surface area contributed by atoms with E-state index in [1.807, 2.05) is 0 Å². The van der Waals surface area contributed by atoms with Crippen molar-refractivity contribution in [2.24, 2.45) is 5.92 Å². The number of morpholine rings is 1. The highest BCUT2D eigenvalue weighted by atomic mass is 16.5. The number of carbonyl (C=O) groups excluding carboxylic acids is 3. The molecule has 27 heavy (non-hydrogen) atoms. The number of nitrogens with zero attached hydrogens (tertiary/aromatic N) is 2. The minimum Gasteiger partial charge on any atom is -0.465 e. The molecule has 1 unspecified atom stereocenters. The van der Waals surface area contributed by atoms with Gasteiger partial charge in [-0.05, 0) is 24.3 Å². The second-order valence-electron chi connectivity index (χ2n) is 6.75. The van der Waals surface area contributed by atoms with Gasteiger partial charge in [0.15, 0.2) is 0 Å². The maximum atomic E-state index is 12.5.